The Labute approximate surface area is 125 Å². The number of nitrogens with zero attached hydrogens (tertiary/aromatic N) is 1. The van der Waals surface area contributed by atoms with Gasteiger partial charge in [-0.1, -0.05) is 46.0 Å². The summed E-state index contributed by atoms with van der Waals surface area (Å²) in [5.41, 5.74) is 0. The highest BCUT2D eigenvalue weighted by molar-refractivity contribution is 5.76. The Kier molecular flexibility index (Phi) is 9.73. The molecule has 1 heterocycles. The van der Waals surface area contributed by atoms with E-state index in [1.165, 1.54) is 44.9 Å². The van der Waals surface area contributed by atoms with Crippen LogP contribution < -0.4 is 5.32 Å². The third-order valence-corrected chi connectivity index (χ3v) is 4.20. The molecule has 0 aromatic heterocycles. The summed E-state index contributed by atoms with van der Waals surface area (Å²) in [5.74, 6) is 0.378. The average molecular weight is 282 g/mol. The summed E-state index contributed by atoms with van der Waals surface area (Å²) in [4.78, 5) is 14.3. The van der Waals surface area contributed by atoms with Crippen LogP contribution in [0.5, 0.6) is 0 Å². The van der Waals surface area contributed by atoms with E-state index in [-0.39, 0.29) is 0 Å². The van der Waals surface area contributed by atoms with E-state index in [0.29, 0.717) is 11.9 Å². The lowest BCUT2D eigenvalue weighted by Gasteiger charge is -2.33. The molecular formula is C17H34N2O. The van der Waals surface area contributed by atoms with Crippen molar-refractivity contribution in [3.8, 4) is 0 Å². The van der Waals surface area contributed by atoms with Gasteiger partial charge in [0.15, 0.2) is 0 Å². The second kappa shape index (κ2) is 11.1. The molecule has 0 spiro atoms. The zero-order valence-electron chi connectivity index (χ0n) is 13.6. The van der Waals surface area contributed by atoms with Crippen molar-refractivity contribution in [3.63, 3.8) is 0 Å². The van der Waals surface area contributed by atoms with E-state index < -0.39 is 0 Å². The Balaban J connectivity index is 2.12. The molecule has 0 saturated carbocycles. The van der Waals surface area contributed by atoms with Gasteiger partial charge < -0.3 is 10.2 Å². The molecule has 1 atom stereocenters. The van der Waals surface area contributed by atoms with Crippen LogP contribution in [-0.2, 0) is 4.79 Å². The SMILES string of the molecule is CCCCCCCCC(=O)N1CCCC(NCCC)C1. The Morgan fingerprint density at radius 2 is 1.85 bits per heavy atom. The van der Waals surface area contributed by atoms with E-state index >= 15 is 0 Å². The third-order valence-electron chi connectivity index (χ3n) is 4.20. The number of hydrogen-bond acceptors (Lipinski definition) is 2. The van der Waals surface area contributed by atoms with Crippen LogP contribution in [0.4, 0.5) is 0 Å². The minimum Gasteiger partial charge on any atom is -0.341 e. The molecule has 0 aromatic carbocycles. The zero-order valence-corrected chi connectivity index (χ0v) is 13.6. The number of rotatable bonds is 10. The third kappa shape index (κ3) is 7.28. The van der Waals surface area contributed by atoms with Gasteiger partial charge in [0.25, 0.3) is 0 Å². The molecule has 0 aliphatic carbocycles. The number of unbranched alkanes of at least 4 members (excludes halogenated alkanes) is 5. The predicted octanol–water partition coefficient (Wildman–Crippen LogP) is 3.73. The summed E-state index contributed by atoms with van der Waals surface area (Å²) in [6.07, 6.45) is 11.9. The van der Waals surface area contributed by atoms with Gasteiger partial charge in [0, 0.05) is 25.6 Å². The number of likely N-dealkylation sites (tertiary alicyclic amines) is 1. The van der Waals surface area contributed by atoms with E-state index in [1.54, 1.807) is 0 Å². The summed E-state index contributed by atoms with van der Waals surface area (Å²) in [5, 5.41) is 3.55. The molecule has 1 amide bonds. The van der Waals surface area contributed by atoms with E-state index in [0.717, 1.165) is 38.9 Å². The molecule has 0 radical (unpaired) electrons. The fourth-order valence-corrected chi connectivity index (χ4v) is 2.93. The van der Waals surface area contributed by atoms with Crippen LogP contribution in [-0.4, -0.2) is 36.5 Å². The Bertz CT molecular complexity index is 255. The average Bonchev–Trinajstić information content (AvgIpc) is 2.48. The predicted molar refractivity (Wildman–Crippen MR) is 85.9 cm³/mol. The standard InChI is InChI=1S/C17H34N2O/c1-3-5-6-7-8-9-12-17(20)19-14-10-11-16(15-19)18-13-4-2/h16,18H,3-15H2,1-2H3. The molecule has 1 fully saturated rings. The summed E-state index contributed by atoms with van der Waals surface area (Å²) in [7, 11) is 0. The Morgan fingerprint density at radius 1 is 1.10 bits per heavy atom. The van der Waals surface area contributed by atoms with Crippen molar-refractivity contribution in [3.05, 3.63) is 0 Å². The van der Waals surface area contributed by atoms with Crippen molar-refractivity contribution < 1.29 is 4.79 Å². The van der Waals surface area contributed by atoms with Gasteiger partial charge >= 0.3 is 0 Å². The van der Waals surface area contributed by atoms with Crippen LogP contribution in [0, 0.1) is 0 Å². The largest absolute Gasteiger partial charge is 0.341 e. The first-order valence-electron chi connectivity index (χ1n) is 8.79. The van der Waals surface area contributed by atoms with Crippen molar-refractivity contribution in [2.24, 2.45) is 0 Å². The second-order valence-electron chi connectivity index (χ2n) is 6.15. The molecule has 1 aliphatic heterocycles. The van der Waals surface area contributed by atoms with Gasteiger partial charge in [-0.05, 0) is 32.2 Å². The van der Waals surface area contributed by atoms with Crippen LogP contribution in [0.15, 0.2) is 0 Å². The van der Waals surface area contributed by atoms with Crippen LogP contribution in [0.25, 0.3) is 0 Å². The Morgan fingerprint density at radius 3 is 2.60 bits per heavy atom. The normalized spacial score (nSPS) is 19.3. The molecule has 20 heavy (non-hydrogen) atoms. The lowest BCUT2D eigenvalue weighted by Crippen LogP contribution is -2.48. The molecule has 0 aromatic rings. The maximum Gasteiger partial charge on any atom is 0.222 e. The summed E-state index contributed by atoms with van der Waals surface area (Å²) >= 11 is 0. The molecule has 0 bridgehead atoms. The van der Waals surface area contributed by atoms with Crippen molar-refractivity contribution in [1.82, 2.24) is 10.2 Å². The first-order valence-corrected chi connectivity index (χ1v) is 8.79. The number of piperidine rings is 1. The quantitative estimate of drug-likeness (QED) is 0.619. The van der Waals surface area contributed by atoms with Gasteiger partial charge in [-0.3, -0.25) is 4.79 Å². The number of amides is 1. The monoisotopic (exact) mass is 282 g/mol. The lowest BCUT2D eigenvalue weighted by atomic mass is 10.0. The van der Waals surface area contributed by atoms with Gasteiger partial charge in [0.2, 0.25) is 5.91 Å². The minimum absolute atomic E-state index is 0.378. The zero-order chi connectivity index (χ0) is 14.6. The van der Waals surface area contributed by atoms with Crippen molar-refractivity contribution in [2.75, 3.05) is 19.6 Å². The number of hydrogen-bond donors (Lipinski definition) is 1. The highest BCUT2D eigenvalue weighted by atomic mass is 16.2. The smallest absolute Gasteiger partial charge is 0.222 e. The highest BCUT2D eigenvalue weighted by Gasteiger charge is 2.22. The van der Waals surface area contributed by atoms with Crippen LogP contribution in [0.1, 0.15) is 78.1 Å². The van der Waals surface area contributed by atoms with Crippen LogP contribution in [0.3, 0.4) is 0 Å². The molecule has 3 heteroatoms. The van der Waals surface area contributed by atoms with Crippen molar-refractivity contribution >= 4 is 5.91 Å². The summed E-state index contributed by atoms with van der Waals surface area (Å²) in [6.45, 7) is 7.40. The molecular weight excluding hydrogens is 248 g/mol. The van der Waals surface area contributed by atoms with Gasteiger partial charge in [-0.15, -0.1) is 0 Å². The van der Waals surface area contributed by atoms with E-state index in [2.05, 4.69) is 24.1 Å². The number of carbonyl (C=O) groups is 1. The van der Waals surface area contributed by atoms with Gasteiger partial charge in [-0.25, -0.2) is 0 Å². The van der Waals surface area contributed by atoms with Crippen molar-refractivity contribution in [1.29, 1.82) is 0 Å². The van der Waals surface area contributed by atoms with Gasteiger partial charge in [0.1, 0.15) is 0 Å². The maximum atomic E-state index is 12.2. The van der Waals surface area contributed by atoms with E-state index in [1.807, 2.05) is 0 Å². The molecule has 118 valence electrons. The fourth-order valence-electron chi connectivity index (χ4n) is 2.93. The van der Waals surface area contributed by atoms with Gasteiger partial charge in [-0.2, -0.15) is 0 Å². The maximum absolute atomic E-state index is 12.2. The van der Waals surface area contributed by atoms with Crippen LogP contribution >= 0.6 is 0 Å². The highest BCUT2D eigenvalue weighted by Crippen LogP contribution is 2.13. The Hall–Kier alpha value is -0.570. The second-order valence-corrected chi connectivity index (χ2v) is 6.15. The molecule has 1 rings (SSSR count). The number of nitrogens with one attached hydrogen (secondary N) is 1. The van der Waals surface area contributed by atoms with E-state index in [9.17, 15) is 4.79 Å². The first kappa shape index (κ1) is 17.5. The molecule has 3 nitrogen and oxygen atoms in total. The topological polar surface area (TPSA) is 32.3 Å². The van der Waals surface area contributed by atoms with Crippen molar-refractivity contribution in [2.45, 2.75) is 84.1 Å². The lowest BCUT2D eigenvalue weighted by molar-refractivity contribution is -0.132. The fraction of sp³-hybridized carbons (Fsp3) is 0.941. The molecule has 1 saturated heterocycles. The first-order chi connectivity index (χ1) is 9.77. The number of carbonyl (C=O) groups excluding carboxylic acids is 1. The molecule has 1 N–H and O–H groups in total. The van der Waals surface area contributed by atoms with E-state index in [4.69, 9.17) is 0 Å². The minimum atomic E-state index is 0.378. The molecule has 1 unspecified atom stereocenters. The summed E-state index contributed by atoms with van der Waals surface area (Å²) < 4.78 is 0. The summed E-state index contributed by atoms with van der Waals surface area (Å²) in [6, 6.07) is 0.525. The van der Waals surface area contributed by atoms with Crippen LogP contribution in [0.2, 0.25) is 0 Å². The molecule has 1 aliphatic rings. The van der Waals surface area contributed by atoms with Gasteiger partial charge in [0.05, 0.1) is 0 Å².